The van der Waals surface area contributed by atoms with E-state index in [1.165, 1.54) is 22.7 Å². The van der Waals surface area contributed by atoms with Crippen LogP contribution in [-0.2, 0) is 5.41 Å². The molecule has 0 aliphatic carbocycles. The predicted molar refractivity (Wildman–Crippen MR) is 82.8 cm³/mol. The fourth-order valence-electron chi connectivity index (χ4n) is 1.40. The third-order valence-corrected chi connectivity index (χ3v) is 5.09. The number of carbonyl (C=O) groups excluding carboxylic acids is 1. The van der Waals surface area contributed by atoms with Crippen LogP contribution in [0, 0.1) is 0 Å². The molecule has 2 rings (SSSR count). The molecular weight excluding hydrogens is 292 g/mol. The molecule has 0 aliphatic rings. The molecule has 0 unspecified atom stereocenters. The Morgan fingerprint density at radius 3 is 2.45 bits per heavy atom. The molecule has 7 heteroatoms. The van der Waals surface area contributed by atoms with Crippen molar-refractivity contribution in [1.29, 1.82) is 0 Å². The Balaban J connectivity index is 2.10. The average molecular weight is 310 g/mol. The lowest BCUT2D eigenvalue weighted by atomic mass is 9.98. The van der Waals surface area contributed by atoms with E-state index < -0.39 is 0 Å². The summed E-state index contributed by atoms with van der Waals surface area (Å²) in [5, 5.41) is 13.2. The fraction of sp³-hybridized carbons (Fsp3) is 0.538. The van der Waals surface area contributed by atoms with Crippen LogP contribution in [0.3, 0.4) is 0 Å². The number of hydrogen-bond acceptors (Lipinski definition) is 6. The molecule has 108 valence electrons. The monoisotopic (exact) mass is 310 g/mol. The van der Waals surface area contributed by atoms with Gasteiger partial charge in [0.25, 0.3) is 5.91 Å². The van der Waals surface area contributed by atoms with Crippen LogP contribution in [0.15, 0.2) is 6.20 Å². The van der Waals surface area contributed by atoms with E-state index in [9.17, 15) is 4.79 Å². The van der Waals surface area contributed by atoms with Crippen molar-refractivity contribution in [2.45, 2.75) is 46.0 Å². The van der Waals surface area contributed by atoms with Gasteiger partial charge in [-0.2, -0.15) is 0 Å². The Kier molecular flexibility index (Phi) is 4.19. The molecular formula is C13H18N4OS2. The number of nitrogens with one attached hydrogen (secondary N) is 1. The van der Waals surface area contributed by atoms with Gasteiger partial charge < -0.3 is 0 Å². The second kappa shape index (κ2) is 5.57. The third kappa shape index (κ3) is 3.40. The standard InChI is InChI=1S/C13H18N4OS2/c1-7(2)10-16-17-12(20-10)15-9(18)8-6-14-11(19-8)13(3,4)5/h6-7H,1-5H3,(H,15,17,18). The van der Waals surface area contributed by atoms with Crippen LogP contribution in [-0.4, -0.2) is 21.1 Å². The summed E-state index contributed by atoms with van der Waals surface area (Å²) < 4.78 is 0. The summed E-state index contributed by atoms with van der Waals surface area (Å²) in [5.41, 5.74) is -0.0449. The highest BCUT2D eigenvalue weighted by molar-refractivity contribution is 7.16. The first kappa shape index (κ1) is 15.1. The number of nitrogens with zero attached hydrogens (tertiary/aromatic N) is 3. The summed E-state index contributed by atoms with van der Waals surface area (Å²) >= 11 is 2.82. The van der Waals surface area contributed by atoms with Crippen LogP contribution in [0.25, 0.3) is 0 Å². The number of carbonyl (C=O) groups is 1. The molecule has 2 aromatic rings. The Labute approximate surface area is 126 Å². The van der Waals surface area contributed by atoms with Gasteiger partial charge >= 0.3 is 0 Å². The minimum Gasteiger partial charge on any atom is -0.296 e. The maximum absolute atomic E-state index is 12.1. The normalized spacial score (nSPS) is 11.9. The van der Waals surface area contributed by atoms with Gasteiger partial charge in [-0.3, -0.25) is 10.1 Å². The van der Waals surface area contributed by atoms with Crippen LogP contribution in [0.2, 0.25) is 0 Å². The topological polar surface area (TPSA) is 67.8 Å². The van der Waals surface area contributed by atoms with Crippen LogP contribution in [0.5, 0.6) is 0 Å². The van der Waals surface area contributed by atoms with Gasteiger partial charge in [0, 0.05) is 11.3 Å². The van der Waals surface area contributed by atoms with Crippen molar-refractivity contribution < 1.29 is 4.79 Å². The van der Waals surface area contributed by atoms with Crippen molar-refractivity contribution in [3.63, 3.8) is 0 Å². The molecule has 20 heavy (non-hydrogen) atoms. The SMILES string of the molecule is CC(C)c1nnc(NC(=O)c2cnc(C(C)(C)C)s2)s1. The van der Waals surface area contributed by atoms with Gasteiger partial charge in [-0.05, 0) is 0 Å². The zero-order valence-corrected chi connectivity index (χ0v) is 13.9. The third-order valence-electron chi connectivity index (χ3n) is 2.53. The summed E-state index contributed by atoms with van der Waals surface area (Å²) in [4.78, 5) is 17.0. The molecule has 5 nitrogen and oxygen atoms in total. The van der Waals surface area contributed by atoms with Crippen LogP contribution in [0.4, 0.5) is 5.13 Å². The minimum absolute atomic E-state index is 0.0449. The van der Waals surface area contributed by atoms with Crippen LogP contribution < -0.4 is 5.32 Å². The van der Waals surface area contributed by atoms with E-state index in [1.54, 1.807) is 6.20 Å². The van der Waals surface area contributed by atoms with E-state index >= 15 is 0 Å². The van der Waals surface area contributed by atoms with Crippen molar-refractivity contribution in [1.82, 2.24) is 15.2 Å². The second-order valence-electron chi connectivity index (χ2n) is 5.83. The molecule has 0 saturated heterocycles. The molecule has 1 N–H and O–H groups in total. The molecule has 0 aliphatic heterocycles. The lowest BCUT2D eigenvalue weighted by molar-refractivity contribution is 0.103. The Hall–Kier alpha value is -1.34. The zero-order valence-electron chi connectivity index (χ0n) is 12.2. The molecule has 2 heterocycles. The molecule has 0 aromatic carbocycles. The molecule has 0 bridgehead atoms. The van der Waals surface area contributed by atoms with Gasteiger partial charge in [0.1, 0.15) is 9.88 Å². The number of amides is 1. The first-order chi connectivity index (χ1) is 9.27. The lowest BCUT2D eigenvalue weighted by Crippen LogP contribution is -2.10. The molecule has 0 spiro atoms. The Bertz CT molecular complexity index is 610. The molecule has 2 aromatic heterocycles. The number of thiazole rings is 1. The highest BCUT2D eigenvalue weighted by Gasteiger charge is 2.21. The molecule has 0 fully saturated rings. The van der Waals surface area contributed by atoms with Gasteiger partial charge in [-0.25, -0.2) is 4.98 Å². The quantitative estimate of drug-likeness (QED) is 0.939. The maximum atomic E-state index is 12.1. The van der Waals surface area contributed by atoms with Gasteiger partial charge in [0.2, 0.25) is 5.13 Å². The molecule has 0 atom stereocenters. The lowest BCUT2D eigenvalue weighted by Gasteiger charge is -2.13. The van der Waals surface area contributed by atoms with E-state index in [2.05, 4.69) is 41.3 Å². The second-order valence-corrected chi connectivity index (χ2v) is 7.87. The molecule has 1 amide bonds. The van der Waals surface area contributed by atoms with E-state index in [0.29, 0.717) is 15.9 Å². The largest absolute Gasteiger partial charge is 0.296 e. The average Bonchev–Trinajstić information content (AvgIpc) is 2.95. The number of rotatable bonds is 3. The van der Waals surface area contributed by atoms with Gasteiger partial charge in [-0.15, -0.1) is 21.5 Å². The van der Waals surface area contributed by atoms with Crippen molar-refractivity contribution >= 4 is 33.7 Å². The zero-order chi connectivity index (χ0) is 14.9. The summed E-state index contributed by atoms with van der Waals surface area (Å²) in [6.07, 6.45) is 1.62. The smallest absolute Gasteiger partial charge is 0.269 e. The number of anilines is 1. The molecule has 0 saturated carbocycles. The van der Waals surface area contributed by atoms with E-state index in [0.717, 1.165) is 10.0 Å². The number of hydrogen-bond donors (Lipinski definition) is 1. The number of aromatic nitrogens is 3. The van der Waals surface area contributed by atoms with Crippen LogP contribution >= 0.6 is 22.7 Å². The van der Waals surface area contributed by atoms with Crippen molar-refractivity contribution in [3.8, 4) is 0 Å². The predicted octanol–water partition coefficient (Wildman–Crippen LogP) is 3.67. The van der Waals surface area contributed by atoms with E-state index in [4.69, 9.17) is 0 Å². The maximum Gasteiger partial charge on any atom is 0.269 e. The van der Waals surface area contributed by atoms with Crippen molar-refractivity contribution in [3.05, 3.63) is 21.1 Å². The summed E-state index contributed by atoms with van der Waals surface area (Å²) in [6, 6.07) is 0. The highest BCUT2D eigenvalue weighted by atomic mass is 32.1. The summed E-state index contributed by atoms with van der Waals surface area (Å²) in [5.74, 6) is 0.138. The van der Waals surface area contributed by atoms with Crippen LogP contribution in [0.1, 0.15) is 60.2 Å². The van der Waals surface area contributed by atoms with Crippen molar-refractivity contribution in [2.24, 2.45) is 0 Å². The first-order valence-corrected chi connectivity index (χ1v) is 8.01. The Morgan fingerprint density at radius 1 is 1.25 bits per heavy atom. The van der Waals surface area contributed by atoms with Gasteiger partial charge in [0.15, 0.2) is 0 Å². The van der Waals surface area contributed by atoms with Crippen molar-refractivity contribution in [2.75, 3.05) is 5.32 Å². The highest BCUT2D eigenvalue weighted by Crippen LogP contribution is 2.28. The molecule has 0 radical (unpaired) electrons. The Morgan fingerprint density at radius 2 is 1.95 bits per heavy atom. The van der Waals surface area contributed by atoms with E-state index in [-0.39, 0.29) is 11.3 Å². The summed E-state index contributed by atoms with van der Waals surface area (Å²) in [7, 11) is 0. The van der Waals surface area contributed by atoms with E-state index in [1.807, 2.05) is 13.8 Å². The van der Waals surface area contributed by atoms with Gasteiger partial charge in [-0.1, -0.05) is 46.0 Å². The fourth-order valence-corrected chi connectivity index (χ4v) is 3.01. The summed E-state index contributed by atoms with van der Waals surface area (Å²) in [6.45, 7) is 10.3. The first-order valence-electron chi connectivity index (χ1n) is 6.38. The minimum atomic E-state index is -0.176. The van der Waals surface area contributed by atoms with Gasteiger partial charge in [0.05, 0.1) is 11.2 Å².